The summed E-state index contributed by atoms with van der Waals surface area (Å²) in [6.07, 6.45) is 0.841. The Morgan fingerprint density at radius 1 is 1.29 bits per heavy atom. The Labute approximate surface area is 84.8 Å². The number of carbonyl (C=O) groups is 2. The molecule has 5 heteroatoms. The van der Waals surface area contributed by atoms with Gasteiger partial charge in [0.2, 0.25) is 5.91 Å². The van der Waals surface area contributed by atoms with Gasteiger partial charge in [-0.3, -0.25) is 4.79 Å². The maximum atomic E-state index is 11.4. The molecule has 0 radical (unpaired) electrons. The molecule has 82 valence electrons. The van der Waals surface area contributed by atoms with Gasteiger partial charge in [-0.25, -0.2) is 4.79 Å². The van der Waals surface area contributed by atoms with Crippen molar-refractivity contribution in [1.29, 1.82) is 0 Å². The van der Waals surface area contributed by atoms with Gasteiger partial charge in [-0.1, -0.05) is 6.92 Å². The number of hydrogen-bond donors (Lipinski definition) is 2. The Hall–Kier alpha value is -1.26. The second-order valence-electron chi connectivity index (χ2n) is 2.93. The van der Waals surface area contributed by atoms with Crippen molar-refractivity contribution in [1.82, 2.24) is 15.5 Å². The lowest BCUT2D eigenvalue weighted by Crippen LogP contribution is -2.45. The van der Waals surface area contributed by atoms with Gasteiger partial charge >= 0.3 is 6.03 Å². The Balaban J connectivity index is 4.13. The predicted molar refractivity (Wildman–Crippen MR) is 55.0 cm³/mol. The fourth-order valence-electron chi connectivity index (χ4n) is 1.04. The van der Waals surface area contributed by atoms with Crippen molar-refractivity contribution in [2.75, 3.05) is 26.7 Å². The summed E-state index contributed by atoms with van der Waals surface area (Å²) in [4.78, 5) is 24.0. The first-order valence-corrected chi connectivity index (χ1v) is 4.89. The van der Waals surface area contributed by atoms with Crippen molar-refractivity contribution in [3.63, 3.8) is 0 Å². The minimum absolute atomic E-state index is 0.121. The van der Waals surface area contributed by atoms with Crippen LogP contribution in [0.3, 0.4) is 0 Å². The molecule has 0 atom stereocenters. The van der Waals surface area contributed by atoms with Crippen LogP contribution in [0.2, 0.25) is 0 Å². The topological polar surface area (TPSA) is 61.4 Å². The molecule has 0 saturated heterocycles. The van der Waals surface area contributed by atoms with Gasteiger partial charge < -0.3 is 15.5 Å². The third-order valence-corrected chi connectivity index (χ3v) is 1.72. The molecule has 0 aliphatic carbocycles. The quantitative estimate of drug-likeness (QED) is 0.666. The van der Waals surface area contributed by atoms with Crippen LogP contribution in [-0.4, -0.2) is 43.5 Å². The second-order valence-corrected chi connectivity index (χ2v) is 2.93. The van der Waals surface area contributed by atoms with E-state index in [9.17, 15) is 9.59 Å². The van der Waals surface area contributed by atoms with Crippen LogP contribution >= 0.6 is 0 Å². The van der Waals surface area contributed by atoms with Crippen LogP contribution in [0, 0.1) is 0 Å². The first-order chi connectivity index (χ1) is 6.65. The van der Waals surface area contributed by atoms with Crippen molar-refractivity contribution < 1.29 is 9.59 Å². The van der Waals surface area contributed by atoms with Gasteiger partial charge in [-0.2, -0.15) is 0 Å². The molecule has 0 heterocycles. The van der Waals surface area contributed by atoms with E-state index in [1.807, 2.05) is 13.8 Å². The van der Waals surface area contributed by atoms with Crippen LogP contribution in [0.15, 0.2) is 0 Å². The first-order valence-electron chi connectivity index (χ1n) is 4.89. The number of nitrogens with one attached hydrogen (secondary N) is 2. The summed E-state index contributed by atoms with van der Waals surface area (Å²) < 4.78 is 0. The van der Waals surface area contributed by atoms with E-state index in [1.54, 1.807) is 7.05 Å². The van der Waals surface area contributed by atoms with E-state index in [-0.39, 0.29) is 18.5 Å². The second kappa shape index (κ2) is 7.17. The molecule has 14 heavy (non-hydrogen) atoms. The highest BCUT2D eigenvalue weighted by Crippen LogP contribution is 1.92. The number of rotatable bonds is 5. The fourth-order valence-corrected chi connectivity index (χ4v) is 1.04. The first kappa shape index (κ1) is 12.7. The third kappa shape index (κ3) is 4.69. The van der Waals surface area contributed by atoms with Crippen LogP contribution < -0.4 is 10.6 Å². The monoisotopic (exact) mass is 201 g/mol. The maximum absolute atomic E-state index is 11.4. The number of likely N-dealkylation sites (N-methyl/N-ethyl adjacent to an activating group) is 1. The average molecular weight is 201 g/mol. The molecule has 3 amide bonds. The van der Waals surface area contributed by atoms with E-state index >= 15 is 0 Å². The number of hydrogen-bond acceptors (Lipinski definition) is 2. The molecule has 0 saturated carbocycles. The molecule has 0 aromatic carbocycles. The number of amides is 3. The highest BCUT2D eigenvalue weighted by molar-refractivity contribution is 5.83. The van der Waals surface area contributed by atoms with Crippen LogP contribution in [-0.2, 0) is 4.79 Å². The van der Waals surface area contributed by atoms with Gasteiger partial charge in [0.05, 0.1) is 0 Å². The summed E-state index contributed by atoms with van der Waals surface area (Å²) in [6.45, 7) is 5.11. The van der Waals surface area contributed by atoms with Gasteiger partial charge in [0, 0.05) is 20.1 Å². The Bertz CT molecular complexity index is 194. The summed E-state index contributed by atoms with van der Waals surface area (Å²) in [5.41, 5.74) is 0. The van der Waals surface area contributed by atoms with Gasteiger partial charge in [0.25, 0.3) is 0 Å². The Morgan fingerprint density at radius 2 is 1.93 bits per heavy atom. The molecule has 0 aromatic heterocycles. The zero-order valence-corrected chi connectivity index (χ0v) is 9.09. The molecular formula is C9H19N3O2. The van der Waals surface area contributed by atoms with Crippen molar-refractivity contribution in [2.24, 2.45) is 0 Å². The van der Waals surface area contributed by atoms with Gasteiger partial charge in [0.15, 0.2) is 0 Å². The van der Waals surface area contributed by atoms with Crippen molar-refractivity contribution in [3.8, 4) is 0 Å². The number of urea groups is 1. The summed E-state index contributed by atoms with van der Waals surface area (Å²) in [7, 11) is 1.56. The highest BCUT2D eigenvalue weighted by atomic mass is 16.2. The molecule has 0 spiro atoms. The van der Waals surface area contributed by atoms with Crippen LogP contribution in [0.5, 0.6) is 0 Å². The lowest BCUT2D eigenvalue weighted by Gasteiger charge is -2.21. The number of carbonyl (C=O) groups excluding carboxylic acids is 2. The minimum Gasteiger partial charge on any atom is -0.358 e. The molecule has 0 bridgehead atoms. The normalized spacial score (nSPS) is 9.36. The fraction of sp³-hybridized carbons (Fsp3) is 0.778. The molecular weight excluding hydrogens is 182 g/mol. The van der Waals surface area contributed by atoms with Gasteiger partial charge in [0.1, 0.15) is 6.54 Å². The summed E-state index contributed by atoms with van der Waals surface area (Å²) in [5, 5.41) is 5.16. The largest absolute Gasteiger partial charge is 0.358 e. The van der Waals surface area contributed by atoms with E-state index < -0.39 is 0 Å². The highest BCUT2D eigenvalue weighted by Gasteiger charge is 2.14. The maximum Gasteiger partial charge on any atom is 0.317 e. The molecule has 0 aromatic rings. The standard InChI is InChI=1S/C9H19N3O2/c1-4-6-12(7-8(13)10-3)9(14)11-5-2/h4-7H2,1-3H3,(H,10,13)(H,11,14). The molecule has 5 nitrogen and oxygen atoms in total. The summed E-state index contributed by atoms with van der Waals surface area (Å²) in [5.74, 6) is -0.148. The van der Waals surface area contributed by atoms with E-state index in [2.05, 4.69) is 10.6 Å². The predicted octanol–water partition coefficient (Wildman–Crippen LogP) is 0.174. The van der Waals surface area contributed by atoms with E-state index in [4.69, 9.17) is 0 Å². The number of nitrogens with zero attached hydrogens (tertiary/aromatic N) is 1. The van der Waals surface area contributed by atoms with E-state index in [1.165, 1.54) is 4.90 Å². The van der Waals surface area contributed by atoms with E-state index in [0.29, 0.717) is 13.1 Å². The molecule has 0 rings (SSSR count). The lowest BCUT2D eigenvalue weighted by atomic mass is 10.4. The Morgan fingerprint density at radius 3 is 2.36 bits per heavy atom. The SMILES string of the molecule is CCCN(CC(=O)NC)C(=O)NCC. The lowest BCUT2D eigenvalue weighted by molar-refractivity contribution is -0.121. The zero-order valence-electron chi connectivity index (χ0n) is 9.09. The molecule has 0 aliphatic rings. The van der Waals surface area contributed by atoms with Gasteiger partial charge in [-0.05, 0) is 13.3 Å². The van der Waals surface area contributed by atoms with Crippen LogP contribution in [0.1, 0.15) is 20.3 Å². The molecule has 0 fully saturated rings. The third-order valence-electron chi connectivity index (χ3n) is 1.72. The molecule has 2 N–H and O–H groups in total. The smallest absolute Gasteiger partial charge is 0.317 e. The molecule has 0 unspecified atom stereocenters. The van der Waals surface area contributed by atoms with Crippen LogP contribution in [0.25, 0.3) is 0 Å². The average Bonchev–Trinajstić information content (AvgIpc) is 2.17. The van der Waals surface area contributed by atoms with E-state index in [0.717, 1.165) is 6.42 Å². The minimum atomic E-state index is -0.182. The van der Waals surface area contributed by atoms with Crippen molar-refractivity contribution in [2.45, 2.75) is 20.3 Å². The van der Waals surface area contributed by atoms with Gasteiger partial charge in [-0.15, -0.1) is 0 Å². The van der Waals surface area contributed by atoms with Crippen molar-refractivity contribution >= 4 is 11.9 Å². The summed E-state index contributed by atoms with van der Waals surface area (Å²) in [6, 6.07) is -0.182. The molecule has 0 aliphatic heterocycles. The van der Waals surface area contributed by atoms with Crippen molar-refractivity contribution in [3.05, 3.63) is 0 Å². The summed E-state index contributed by atoms with van der Waals surface area (Å²) >= 11 is 0. The Kier molecular flexibility index (Phi) is 6.53. The zero-order chi connectivity index (χ0) is 11.0. The van der Waals surface area contributed by atoms with Crippen LogP contribution in [0.4, 0.5) is 4.79 Å².